The van der Waals surface area contributed by atoms with Crippen molar-refractivity contribution in [1.29, 1.82) is 0 Å². The predicted molar refractivity (Wildman–Crippen MR) is 118 cm³/mol. The summed E-state index contributed by atoms with van der Waals surface area (Å²) in [6.45, 7) is 6.00. The summed E-state index contributed by atoms with van der Waals surface area (Å²) < 4.78 is 32.7. The van der Waals surface area contributed by atoms with E-state index in [2.05, 4.69) is 10.9 Å². The van der Waals surface area contributed by atoms with Crippen LogP contribution in [0.25, 0.3) is 0 Å². The number of aryl methyl sites for hydroxylation is 3. The van der Waals surface area contributed by atoms with Crippen molar-refractivity contribution in [3.8, 4) is 5.75 Å². The maximum absolute atomic E-state index is 12.8. The number of hydrogen-bond acceptors (Lipinski definition) is 6. The van der Waals surface area contributed by atoms with E-state index in [9.17, 15) is 18.0 Å². The topological polar surface area (TPSA) is 105 Å². The van der Waals surface area contributed by atoms with E-state index in [1.807, 2.05) is 32.9 Å². The van der Waals surface area contributed by atoms with Crippen molar-refractivity contribution >= 4 is 33.2 Å². The van der Waals surface area contributed by atoms with Gasteiger partial charge in [-0.05, 0) is 69.0 Å². The van der Waals surface area contributed by atoms with Crippen LogP contribution in [0.4, 0.5) is 0 Å². The number of amides is 2. The third-order valence-electron chi connectivity index (χ3n) is 5.24. The number of sulfonamides is 1. The molecule has 1 fully saturated rings. The van der Waals surface area contributed by atoms with Gasteiger partial charge in [-0.2, -0.15) is 4.31 Å². The summed E-state index contributed by atoms with van der Waals surface area (Å²) in [7, 11) is -3.62. The average Bonchev–Trinajstić information content (AvgIpc) is 3.20. The molecule has 1 aromatic heterocycles. The van der Waals surface area contributed by atoms with Crippen molar-refractivity contribution in [2.75, 3.05) is 19.7 Å². The van der Waals surface area contributed by atoms with Crippen LogP contribution in [0.3, 0.4) is 0 Å². The Hall–Kier alpha value is -2.43. The summed E-state index contributed by atoms with van der Waals surface area (Å²) in [5.41, 5.74) is 6.91. The van der Waals surface area contributed by atoms with Gasteiger partial charge in [-0.1, -0.05) is 6.07 Å². The molecule has 3 rings (SSSR count). The Morgan fingerprint density at radius 1 is 1.13 bits per heavy atom. The highest BCUT2D eigenvalue weighted by molar-refractivity contribution is 7.91. The fourth-order valence-corrected chi connectivity index (χ4v) is 6.24. The molecule has 2 heterocycles. The Kier molecular flexibility index (Phi) is 7.34. The molecule has 1 aliphatic heterocycles. The van der Waals surface area contributed by atoms with Crippen LogP contribution >= 0.6 is 11.3 Å². The molecule has 1 aliphatic rings. The van der Waals surface area contributed by atoms with E-state index in [0.29, 0.717) is 25.1 Å². The summed E-state index contributed by atoms with van der Waals surface area (Å²) in [6.07, 6.45) is 1.13. The van der Waals surface area contributed by atoms with E-state index in [1.165, 1.54) is 15.6 Å². The van der Waals surface area contributed by atoms with Gasteiger partial charge in [0.05, 0.1) is 5.92 Å². The molecule has 1 aromatic carbocycles. The van der Waals surface area contributed by atoms with Crippen LogP contribution in [0.5, 0.6) is 5.75 Å². The van der Waals surface area contributed by atoms with E-state index in [0.717, 1.165) is 16.0 Å². The molecule has 0 bridgehead atoms. The second-order valence-electron chi connectivity index (χ2n) is 7.64. The van der Waals surface area contributed by atoms with Gasteiger partial charge in [0.1, 0.15) is 9.96 Å². The van der Waals surface area contributed by atoms with Crippen molar-refractivity contribution in [2.24, 2.45) is 5.92 Å². The number of hydrogen-bond donors (Lipinski definition) is 2. The highest BCUT2D eigenvalue weighted by Crippen LogP contribution is 2.28. The number of ether oxygens (including phenoxy) is 1. The van der Waals surface area contributed by atoms with Gasteiger partial charge in [0.2, 0.25) is 5.91 Å². The van der Waals surface area contributed by atoms with Gasteiger partial charge in [-0.15, -0.1) is 11.3 Å². The zero-order chi connectivity index (χ0) is 22.6. The number of piperidine rings is 1. The molecule has 31 heavy (non-hydrogen) atoms. The minimum atomic E-state index is -3.62. The number of rotatable bonds is 6. The molecule has 2 N–H and O–H groups in total. The number of carbonyl (C=O) groups is 2. The molecule has 2 aromatic rings. The standard InChI is InChI=1S/C21H27N3O5S2/c1-14-6-8-18(11-15(14)2)29-13-19(25)22-23-21(26)17-5-4-10-24(12-17)31(27,28)20-9-7-16(3)30-20/h6-9,11,17H,4-5,10,12-13H2,1-3H3,(H,22,25)(H,23,26). The summed E-state index contributed by atoms with van der Waals surface area (Å²) in [5.74, 6) is -0.880. The molecule has 10 heteroatoms. The molecule has 1 unspecified atom stereocenters. The Morgan fingerprint density at radius 3 is 2.58 bits per heavy atom. The van der Waals surface area contributed by atoms with Gasteiger partial charge < -0.3 is 4.74 Å². The zero-order valence-corrected chi connectivity index (χ0v) is 19.4. The minimum Gasteiger partial charge on any atom is -0.484 e. The van der Waals surface area contributed by atoms with Crippen LogP contribution < -0.4 is 15.6 Å². The maximum Gasteiger partial charge on any atom is 0.276 e. The molecule has 1 saturated heterocycles. The number of thiophene rings is 1. The lowest BCUT2D eigenvalue weighted by Gasteiger charge is -2.30. The van der Waals surface area contributed by atoms with Crippen molar-refractivity contribution in [3.63, 3.8) is 0 Å². The second-order valence-corrected chi connectivity index (χ2v) is 11.1. The highest BCUT2D eigenvalue weighted by atomic mass is 32.2. The van der Waals surface area contributed by atoms with Crippen molar-refractivity contribution in [2.45, 2.75) is 37.8 Å². The van der Waals surface area contributed by atoms with Gasteiger partial charge in [0.15, 0.2) is 6.61 Å². The Balaban J connectivity index is 1.49. The Morgan fingerprint density at radius 2 is 1.90 bits per heavy atom. The first-order chi connectivity index (χ1) is 14.7. The van der Waals surface area contributed by atoms with E-state index in [4.69, 9.17) is 4.74 Å². The quantitative estimate of drug-likeness (QED) is 0.637. The molecule has 2 amide bonds. The van der Waals surface area contributed by atoms with E-state index in [-0.39, 0.29) is 17.4 Å². The number of nitrogens with one attached hydrogen (secondary N) is 2. The molecule has 168 valence electrons. The van der Waals surface area contributed by atoms with Crippen molar-refractivity contribution < 1.29 is 22.7 Å². The number of hydrazine groups is 1. The van der Waals surface area contributed by atoms with Crippen molar-refractivity contribution in [3.05, 3.63) is 46.3 Å². The number of nitrogens with zero attached hydrogens (tertiary/aromatic N) is 1. The molecule has 0 aliphatic carbocycles. The summed E-state index contributed by atoms with van der Waals surface area (Å²) >= 11 is 1.22. The second kappa shape index (κ2) is 9.80. The zero-order valence-electron chi connectivity index (χ0n) is 17.8. The lowest BCUT2D eigenvalue weighted by atomic mass is 9.99. The van der Waals surface area contributed by atoms with Gasteiger partial charge >= 0.3 is 0 Å². The Bertz CT molecular complexity index is 1060. The van der Waals surface area contributed by atoms with Crippen molar-refractivity contribution in [1.82, 2.24) is 15.2 Å². The van der Waals surface area contributed by atoms with E-state index in [1.54, 1.807) is 18.2 Å². The molecular formula is C21H27N3O5S2. The van der Waals surface area contributed by atoms with E-state index < -0.39 is 27.8 Å². The van der Waals surface area contributed by atoms with Crippen LogP contribution in [0, 0.1) is 26.7 Å². The molecule has 0 spiro atoms. The van der Waals surface area contributed by atoms with Crippen LogP contribution in [-0.4, -0.2) is 44.2 Å². The Labute approximate surface area is 186 Å². The first kappa shape index (κ1) is 23.2. The summed E-state index contributed by atoms with van der Waals surface area (Å²) in [4.78, 5) is 25.4. The molecule has 0 radical (unpaired) electrons. The van der Waals surface area contributed by atoms with Gasteiger partial charge in [-0.25, -0.2) is 8.42 Å². The predicted octanol–water partition coefficient (Wildman–Crippen LogP) is 2.30. The van der Waals surface area contributed by atoms with Gasteiger partial charge in [0, 0.05) is 18.0 Å². The smallest absolute Gasteiger partial charge is 0.276 e. The van der Waals surface area contributed by atoms with Gasteiger partial charge in [0.25, 0.3) is 15.9 Å². The monoisotopic (exact) mass is 465 g/mol. The molecule has 8 nitrogen and oxygen atoms in total. The first-order valence-electron chi connectivity index (χ1n) is 10.0. The fourth-order valence-electron chi connectivity index (χ4n) is 3.27. The van der Waals surface area contributed by atoms with Crippen LogP contribution in [-0.2, 0) is 19.6 Å². The third-order valence-corrected chi connectivity index (χ3v) is 8.57. The summed E-state index contributed by atoms with van der Waals surface area (Å²) in [5, 5.41) is 0. The number of carbonyl (C=O) groups excluding carboxylic acids is 2. The van der Waals surface area contributed by atoms with Crippen LogP contribution in [0.15, 0.2) is 34.5 Å². The molecule has 1 atom stereocenters. The maximum atomic E-state index is 12.8. The lowest BCUT2D eigenvalue weighted by molar-refractivity contribution is -0.132. The number of benzene rings is 1. The lowest BCUT2D eigenvalue weighted by Crippen LogP contribution is -2.50. The third kappa shape index (κ3) is 5.84. The molecular weight excluding hydrogens is 438 g/mol. The van der Waals surface area contributed by atoms with Gasteiger partial charge in [-0.3, -0.25) is 20.4 Å². The SMILES string of the molecule is Cc1ccc(S(=O)(=O)N2CCCC(C(=O)NNC(=O)COc3ccc(C)c(C)c3)C2)s1. The fraction of sp³-hybridized carbons (Fsp3) is 0.429. The highest BCUT2D eigenvalue weighted by Gasteiger charge is 2.34. The van der Waals surface area contributed by atoms with Crippen LogP contribution in [0.2, 0.25) is 0 Å². The van der Waals surface area contributed by atoms with E-state index >= 15 is 0 Å². The summed E-state index contributed by atoms with van der Waals surface area (Å²) in [6, 6.07) is 8.88. The normalized spacial score (nSPS) is 17.2. The molecule has 0 saturated carbocycles. The van der Waals surface area contributed by atoms with Crippen LogP contribution in [0.1, 0.15) is 28.8 Å². The minimum absolute atomic E-state index is 0.0835. The average molecular weight is 466 g/mol. The largest absolute Gasteiger partial charge is 0.484 e. The first-order valence-corrected chi connectivity index (χ1v) is 12.3.